The van der Waals surface area contributed by atoms with Crippen LogP contribution in [-0.4, -0.2) is 70.4 Å². The summed E-state index contributed by atoms with van der Waals surface area (Å²) in [7, 11) is -0.464. The first-order valence-corrected chi connectivity index (χ1v) is 13.7. The van der Waals surface area contributed by atoms with Crippen molar-refractivity contribution in [3.63, 3.8) is 0 Å². The molecule has 5 rings (SSSR count). The number of aromatic nitrogens is 4. The fourth-order valence-corrected chi connectivity index (χ4v) is 5.14. The molecule has 3 aromatic heterocycles. The van der Waals surface area contributed by atoms with E-state index in [1.165, 1.54) is 46.4 Å². The number of nitrogens with zero attached hydrogens (tertiary/aromatic N) is 6. The third kappa shape index (κ3) is 5.71. The number of hydrogen-bond donors (Lipinski definition) is 3. The molecule has 37 heavy (non-hydrogen) atoms. The fraction of sp³-hybridized carbons (Fsp3) is 0.478. The van der Waals surface area contributed by atoms with Gasteiger partial charge >= 0.3 is 0 Å². The van der Waals surface area contributed by atoms with E-state index < -0.39 is 21.9 Å². The molecule has 2 fully saturated rings. The summed E-state index contributed by atoms with van der Waals surface area (Å²) in [5.41, 5.74) is 3.84. The standard InChI is InChI=1S/C23H30FN9O3S/c1-31(2)37(35,36)30-17-7-3-15(4-8-17)27-21-9-10-22-26-14-20(32(22)29-21)23(34)33(28-16-5-6-16)19-11-12-25-13-18(19)24/h9-17,28,30H,3-8H2,1-2H3,(H,27,29). The van der Waals surface area contributed by atoms with E-state index in [1.54, 1.807) is 12.1 Å². The van der Waals surface area contributed by atoms with Crippen molar-refractivity contribution < 1.29 is 17.6 Å². The molecule has 2 aliphatic rings. The monoisotopic (exact) mass is 531 g/mol. The number of imidazole rings is 1. The molecule has 0 saturated heterocycles. The third-order valence-corrected chi connectivity index (χ3v) is 8.13. The first-order valence-electron chi connectivity index (χ1n) is 12.2. The van der Waals surface area contributed by atoms with Crippen molar-refractivity contribution in [1.29, 1.82) is 0 Å². The van der Waals surface area contributed by atoms with Crippen molar-refractivity contribution in [3.8, 4) is 0 Å². The molecular weight excluding hydrogens is 501 g/mol. The molecule has 0 atom stereocenters. The number of fused-ring (bicyclic) bond motifs is 1. The van der Waals surface area contributed by atoms with Crippen LogP contribution in [0.25, 0.3) is 5.65 Å². The van der Waals surface area contributed by atoms with Crippen LogP contribution >= 0.6 is 0 Å². The average molecular weight is 532 g/mol. The van der Waals surface area contributed by atoms with Crippen LogP contribution in [0.15, 0.2) is 36.8 Å². The number of anilines is 2. The van der Waals surface area contributed by atoms with Gasteiger partial charge in [-0.25, -0.2) is 24.3 Å². The van der Waals surface area contributed by atoms with Crippen LogP contribution in [0.2, 0.25) is 0 Å². The average Bonchev–Trinajstić information content (AvgIpc) is 3.60. The Morgan fingerprint density at radius 2 is 1.73 bits per heavy atom. The Balaban J connectivity index is 1.31. The Hall–Kier alpha value is -3.20. The normalized spacial score (nSPS) is 20.3. The number of rotatable bonds is 9. The van der Waals surface area contributed by atoms with Gasteiger partial charge in [-0.1, -0.05) is 0 Å². The second-order valence-corrected chi connectivity index (χ2v) is 11.5. The van der Waals surface area contributed by atoms with Gasteiger partial charge in [0.25, 0.3) is 16.1 Å². The first-order chi connectivity index (χ1) is 17.7. The van der Waals surface area contributed by atoms with E-state index in [-0.39, 0.29) is 29.5 Å². The molecule has 0 radical (unpaired) electrons. The summed E-state index contributed by atoms with van der Waals surface area (Å²) in [5.74, 6) is -0.534. The smallest absolute Gasteiger partial charge is 0.293 e. The Morgan fingerprint density at radius 3 is 2.41 bits per heavy atom. The van der Waals surface area contributed by atoms with Crippen molar-refractivity contribution in [1.82, 2.24) is 34.0 Å². The number of hydrogen-bond acceptors (Lipinski definition) is 8. The van der Waals surface area contributed by atoms with E-state index in [0.717, 1.165) is 31.9 Å². The van der Waals surface area contributed by atoms with E-state index in [9.17, 15) is 17.6 Å². The zero-order valence-electron chi connectivity index (χ0n) is 20.6. The van der Waals surface area contributed by atoms with Gasteiger partial charge in [-0.05, 0) is 56.7 Å². The van der Waals surface area contributed by atoms with Crippen LogP contribution in [0.5, 0.6) is 0 Å². The zero-order valence-corrected chi connectivity index (χ0v) is 21.4. The quantitative estimate of drug-likeness (QED) is 0.355. The largest absolute Gasteiger partial charge is 0.366 e. The van der Waals surface area contributed by atoms with Gasteiger partial charge in [0.1, 0.15) is 5.82 Å². The van der Waals surface area contributed by atoms with Crippen molar-refractivity contribution in [2.75, 3.05) is 24.4 Å². The van der Waals surface area contributed by atoms with Crippen LogP contribution < -0.4 is 20.5 Å². The topological polar surface area (TPSA) is 137 Å². The summed E-state index contributed by atoms with van der Waals surface area (Å²) in [4.78, 5) is 21.6. The minimum Gasteiger partial charge on any atom is -0.366 e. The third-order valence-electron chi connectivity index (χ3n) is 6.54. The van der Waals surface area contributed by atoms with Crippen LogP contribution in [0.1, 0.15) is 49.0 Å². The summed E-state index contributed by atoms with van der Waals surface area (Å²) in [6.07, 6.45) is 8.64. The molecule has 0 spiro atoms. The summed E-state index contributed by atoms with van der Waals surface area (Å²) in [6.45, 7) is 0. The van der Waals surface area contributed by atoms with E-state index in [2.05, 4.69) is 30.5 Å². The summed E-state index contributed by atoms with van der Waals surface area (Å²) in [6, 6.07) is 5.08. The lowest BCUT2D eigenvalue weighted by Crippen LogP contribution is -2.45. The molecule has 0 unspecified atom stereocenters. The second kappa shape index (κ2) is 10.3. The number of hydrazine groups is 1. The molecular formula is C23H30FN9O3S. The number of pyridine rings is 1. The van der Waals surface area contributed by atoms with Gasteiger partial charge in [0.2, 0.25) is 0 Å². The molecule has 198 valence electrons. The first kappa shape index (κ1) is 25.4. The van der Waals surface area contributed by atoms with E-state index >= 15 is 0 Å². The highest BCUT2D eigenvalue weighted by atomic mass is 32.2. The molecule has 2 saturated carbocycles. The molecule has 0 bridgehead atoms. The van der Waals surface area contributed by atoms with Gasteiger partial charge < -0.3 is 5.32 Å². The lowest BCUT2D eigenvalue weighted by atomic mass is 9.92. The number of carbonyl (C=O) groups excluding carboxylic acids is 1. The predicted molar refractivity (Wildman–Crippen MR) is 136 cm³/mol. The van der Waals surface area contributed by atoms with E-state index in [4.69, 9.17) is 0 Å². The maximum atomic E-state index is 14.5. The molecule has 1 amide bonds. The number of nitrogens with one attached hydrogen (secondary N) is 3. The Kier molecular flexibility index (Phi) is 7.07. The highest BCUT2D eigenvalue weighted by molar-refractivity contribution is 7.87. The van der Waals surface area contributed by atoms with Crippen molar-refractivity contribution in [3.05, 3.63) is 48.3 Å². The molecule has 3 N–H and O–H groups in total. The highest BCUT2D eigenvalue weighted by Gasteiger charge is 2.31. The van der Waals surface area contributed by atoms with Gasteiger partial charge in [-0.3, -0.25) is 9.78 Å². The summed E-state index contributed by atoms with van der Waals surface area (Å²) >= 11 is 0. The Bertz CT molecular complexity index is 1390. The summed E-state index contributed by atoms with van der Waals surface area (Å²) in [5, 5.41) is 9.18. The van der Waals surface area contributed by atoms with Gasteiger partial charge in [-0.2, -0.15) is 17.4 Å². The maximum absolute atomic E-state index is 14.5. The molecule has 3 heterocycles. The number of halogens is 1. The lowest BCUT2D eigenvalue weighted by Gasteiger charge is -2.30. The summed E-state index contributed by atoms with van der Waals surface area (Å²) < 4.78 is 44.1. The van der Waals surface area contributed by atoms with Crippen molar-refractivity contribution in [2.24, 2.45) is 0 Å². The lowest BCUT2D eigenvalue weighted by molar-refractivity contribution is 0.0965. The highest BCUT2D eigenvalue weighted by Crippen LogP contribution is 2.26. The second-order valence-electron chi connectivity index (χ2n) is 9.60. The van der Waals surface area contributed by atoms with Crippen molar-refractivity contribution >= 4 is 33.3 Å². The minimum absolute atomic E-state index is 0.0813. The van der Waals surface area contributed by atoms with E-state index in [1.807, 2.05) is 0 Å². The SMILES string of the molecule is CN(C)S(=O)(=O)NC1CCC(Nc2ccc3ncc(C(=O)N(NC4CC4)c4ccncc4F)n3n2)CC1. The molecule has 12 nitrogen and oxygen atoms in total. The van der Waals surface area contributed by atoms with Gasteiger partial charge in [0.05, 0.1) is 18.1 Å². The van der Waals surface area contributed by atoms with E-state index in [0.29, 0.717) is 24.3 Å². The van der Waals surface area contributed by atoms with Crippen LogP contribution in [0.3, 0.4) is 0 Å². The zero-order chi connectivity index (χ0) is 26.2. The molecule has 14 heteroatoms. The minimum atomic E-state index is -3.47. The van der Waals surface area contributed by atoms with Gasteiger partial charge in [0.15, 0.2) is 17.2 Å². The Morgan fingerprint density at radius 1 is 1.03 bits per heavy atom. The Labute approximate surface area is 214 Å². The molecule has 3 aromatic rings. The fourth-order valence-electron chi connectivity index (χ4n) is 4.27. The van der Waals surface area contributed by atoms with Crippen LogP contribution in [0, 0.1) is 5.82 Å². The number of amides is 1. The van der Waals surface area contributed by atoms with Crippen LogP contribution in [0.4, 0.5) is 15.9 Å². The maximum Gasteiger partial charge on any atom is 0.293 e. The molecule has 0 aromatic carbocycles. The molecule has 0 aliphatic heterocycles. The van der Waals surface area contributed by atoms with Gasteiger partial charge in [0, 0.05) is 38.4 Å². The number of carbonyl (C=O) groups is 1. The predicted octanol–water partition coefficient (Wildman–Crippen LogP) is 1.70. The van der Waals surface area contributed by atoms with Crippen LogP contribution in [-0.2, 0) is 10.2 Å². The van der Waals surface area contributed by atoms with Crippen molar-refractivity contribution in [2.45, 2.75) is 56.7 Å². The molecule has 2 aliphatic carbocycles. The van der Waals surface area contributed by atoms with Gasteiger partial charge in [-0.15, -0.1) is 5.10 Å².